The number of aromatic hydroxyl groups is 1. The van der Waals surface area contributed by atoms with Crippen LogP contribution in [-0.4, -0.2) is 16.8 Å². The number of ether oxygens (including phenoxy) is 1. The van der Waals surface area contributed by atoms with Crippen LogP contribution in [0.3, 0.4) is 0 Å². The molecule has 3 nitrogen and oxygen atoms in total. The first kappa shape index (κ1) is 15.4. The summed E-state index contributed by atoms with van der Waals surface area (Å²) in [6.45, 7) is 2.18. The number of esters is 1. The second kappa shape index (κ2) is 7.74. The number of rotatable bonds is 6. The zero-order valence-corrected chi connectivity index (χ0v) is 12.7. The number of phenols is 1. The van der Waals surface area contributed by atoms with E-state index in [1.165, 1.54) is 0 Å². The van der Waals surface area contributed by atoms with Gasteiger partial charge in [-0.25, -0.2) is 0 Å². The molecule has 0 aliphatic carbocycles. The highest BCUT2D eigenvalue weighted by Crippen LogP contribution is 2.23. The van der Waals surface area contributed by atoms with Gasteiger partial charge in [0.15, 0.2) is 0 Å². The summed E-state index contributed by atoms with van der Waals surface area (Å²) in [6, 6.07) is 16.6. The molecular formula is C17H18O3S. The van der Waals surface area contributed by atoms with Crippen molar-refractivity contribution < 1.29 is 14.6 Å². The number of carbonyl (C=O) groups is 1. The molecule has 2 rings (SSSR count). The fourth-order valence-electron chi connectivity index (χ4n) is 1.70. The number of carbonyl (C=O) groups excluding carboxylic acids is 1. The zero-order valence-electron chi connectivity index (χ0n) is 11.9. The fraction of sp³-hybridized carbons (Fsp3) is 0.235. The molecule has 0 saturated carbocycles. The Hall–Kier alpha value is -1.94. The molecule has 0 aromatic heterocycles. The maximum Gasteiger partial charge on any atom is 0.309 e. The van der Waals surface area contributed by atoms with Crippen molar-refractivity contribution in [3.63, 3.8) is 0 Å². The van der Waals surface area contributed by atoms with Gasteiger partial charge >= 0.3 is 5.97 Å². The molecule has 2 aromatic carbocycles. The SMILES string of the molecule is CC(CSc1ccc(O)cc1)C(=O)OCc1ccccc1. The van der Waals surface area contributed by atoms with E-state index in [0.29, 0.717) is 12.4 Å². The molecule has 0 radical (unpaired) electrons. The Morgan fingerprint density at radius 3 is 2.48 bits per heavy atom. The van der Waals surface area contributed by atoms with Gasteiger partial charge in [0.2, 0.25) is 0 Å². The molecule has 0 amide bonds. The summed E-state index contributed by atoms with van der Waals surface area (Å²) >= 11 is 1.58. The van der Waals surface area contributed by atoms with Gasteiger partial charge in [-0.2, -0.15) is 0 Å². The Morgan fingerprint density at radius 1 is 1.14 bits per heavy atom. The van der Waals surface area contributed by atoms with Crippen LogP contribution in [-0.2, 0) is 16.1 Å². The number of thioether (sulfide) groups is 1. The lowest BCUT2D eigenvalue weighted by Gasteiger charge is -2.11. The van der Waals surface area contributed by atoms with Crippen molar-refractivity contribution in [2.24, 2.45) is 5.92 Å². The summed E-state index contributed by atoms with van der Waals surface area (Å²) in [6.07, 6.45) is 0. The standard InChI is InChI=1S/C17H18O3S/c1-13(12-21-16-9-7-15(18)8-10-16)17(19)20-11-14-5-3-2-4-6-14/h2-10,13,18H,11-12H2,1H3. The highest BCUT2D eigenvalue weighted by Gasteiger charge is 2.15. The van der Waals surface area contributed by atoms with E-state index in [1.54, 1.807) is 23.9 Å². The second-order valence-electron chi connectivity index (χ2n) is 4.80. The predicted molar refractivity (Wildman–Crippen MR) is 84.2 cm³/mol. The first-order chi connectivity index (χ1) is 10.1. The molecule has 1 unspecified atom stereocenters. The van der Waals surface area contributed by atoms with Gasteiger partial charge in [-0.05, 0) is 29.8 Å². The van der Waals surface area contributed by atoms with Crippen LogP contribution in [0.15, 0.2) is 59.5 Å². The minimum atomic E-state index is -0.190. The van der Waals surface area contributed by atoms with Crippen molar-refractivity contribution in [2.75, 3.05) is 5.75 Å². The Labute approximate surface area is 129 Å². The van der Waals surface area contributed by atoms with E-state index in [-0.39, 0.29) is 17.6 Å². The van der Waals surface area contributed by atoms with Gasteiger partial charge in [0, 0.05) is 10.6 Å². The van der Waals surface area contributed by atoms with Crippen molar-refractivity contribution in [2.45, 2.75) is 18.4 Å². The summed E-state index contributed by atoms with van der Waals surface area (Å²) in [5.74, 6) is 0.533. The largest absolute Gasteiger partial charge is 0.508 e. The Kier molecular flexibility index (Phi) is 5.69. The molecule has 0 spiro atoms. The molecule has 21 heavy (non-hydrogen) atoms. The van der Waals surface area contributed by atoms with Crippen molar-refractivity contribution >= 4 is 17.7 Å². The molecule has 1 N–H and O–H groups in total. The molecule has 4 heteroatoms. The number of hydrogen-bond acceptors (Lipinski definition) is 4. The van der Waals surface area contributed by atoms with Crippen LogP contribution >= 0.6 is 11.8 Å². The molecule has 0 aliphatic rings. The van der Waals surface area contributed by atoms with Crippen molar-refractivity contribution in [1.82, 2.24) is 0 Å². The van der Waals surface area contributed by atoms with E-state index in [9.17, 15) is 9.90 Å². The normalized spacial score (nSPS) is 11.9. The molecule has 0 bridgehead atoms. The van der Waals surface area contributed by atoms with Crippen LogP contribution < -0.4 is 0 Å². The molecule has 0 saturated heterocycles. The Bertz CT molecular complexity index is 566. The molecule has 110 valence electrons. The minimum Gasteiger partial charge on any atom is -0.508 e. The van der Waals surface area contributed by atoms with Gasteiger partial charge in [0.25, 0.3) is 0 Å². The van der Waals surface area contributed by atoms with Crippen LogP contribution in [0.1, 0.15) is 12.5 Å². The maximum atomic E-state index is 11.9. The third kappa shape index (κ3) is 5.16. The van der Waals surface area contributed by atoms with E-state index >= 15 is 0 Å². The monoisotopic (exact) mass is 302 g/mol. The lowest BCUT2D eigenvalue weighted by atomic mass is 10.2. The van der Waals surface area contributed by atoms with Gasteiger partial charge < -0.3 is 9.84 Å². The van der Waals surface area contributed by atoms with E-state index in [4.69, 9.17) is 4.74 Å². The second-order valence-corrected chi connectivity index (χ2v) is 5.89. The third-order valence-electron chi connectivity index (χ3n) is 2.96. The summed E-state index contributed by atoms with van der Waals surface area (Å²) in [7, 11) is 0. The lowest BCUT2D eigenvalue weighted by Crippen LogP contribution is -2.16. The fourth-order valence-corrected chi connectivity index (χ4v) is 2.61. The number of benzene rings is 2. The van der Waals surface area contributed by atoms with Crippen molar-refractivity contribution in [3.8, 4) is 5.75 Å². The van der Waals surface area contributed by atoms with Gasteiger partial charge in [-0.1, -0.05) is 37.3 Å². The summed E-state index contributed by atoms with van der Waals surface area (Å²) < 4.78 is 5.31. The topological polar surface area (TPSA) is 46.5 Å². The third-order valence-corrected chi connectivity index (χ3v) is 4.24. The van der Waals surface area contributed by atoms with Gasteiger partial charge in [-0.15, -0.1) is 11.8 Å². The lowest BCUT2D eigenvalue weighted by molar-refractivity contribution is -0.148. The molecule has 0 aliphatic heterocycles. The van der Waals surface area contributed by atoms with Gasteiger partial charge in [-0.3, -0.25) is 4.79 Å². The van der Waals surface area contributed by atoms with Gasteiger partial charge in [0.1, 0.15) is 12.4 Å². The van der Waals surface area contributed by atoms with Crippen LogP contribution in [0.4, 0.5) is 0 Å². The Balaban J connectivity index is 1.76. The summed E-state index contributed by atoms with van der Waals surface area (Å²) in [4.78, 5) is 12.9. The smallest absolute Gasteiger partial charge is 0.309 e. The number of hydrogen-bond donors (Lipinski definition) is 1. The van der Waals surface area contributed by atoms with Crippen molar-refractivity contribution in [1.29, 1.82) is 0 Å². The highest BCUT2D eigenvalue weighted by atomic mass is 32.2. The van der Waals surface area contributed by atoms with Crippen LogP contribution in [0.25, 0.3) is 0 Å². The molecule has 2 aromatic rings. The first-order valence-electron chi connectivity index (χ1n) is 6.77. The van der Waals surface area contributed by atoms with E-state index in [0.717, 1.165) is 10.5 Å². The quantitative estimate of drug-likeness (QED) is 0.650. The number of phenolic OH excluding ortho intramolecular Hbond substituents is 1. The van der Waals surface area contributed by atoms with E-state index < -0.39 is 0 Å². The average molecular weight is 302 g/mol. The molecule has 1 atom stereocenters. The zero-order chi connectivity index (χ0) is 15.1. The van der Waals surface area contributed by atoms with E-state index in [1.807, 2.05) is 49.4 Å². The Morgan fingerprint density at radius 2 is 1.81 bits per heavy atom. The molecule has 0 fully saturated rings. The van der Waals surface area contributed by atoms with Crippen LogP contribution in [0, 0.1) is 5.92 Å². The van der Waals surface area contributed by atoms with Gasteiger partial charge in [0.05, 0.1) is 5.92 Å². The molecular weight excluding hydrogens is 284 g/mol. The predicted octanol–water partition coefficient (Wildman–Crippen LogP) is 3.86. The molecule has 0 heterocycles. The van der Waals surface area contributed by atoms with Crippen LogP contribution in [0.5, 0.6) is 5.75 Å². The van der Waals surface area contributed by atoms with E-state index in [2.05, 4.69) is 0 Å². The average Bonchev–Trinajstić information content (AvgIpc) is 2.52. The summed E-state index contributed by atoms with van der Waals surface area (Å²) in [5, 5.41) is 9.22. The first-order valence-corrected chi connectivity index (χ1v) is 7.76. The van der Waals surface area contributed by atoms with Crippen LogP contribution in [0.2, 0.25) is 0 Å². The maximum absolute atomic E-state index is 11.9. The van der Waals surface area contributed by atoms with Crippen molar-refractivity contribution in [3.05, 3.63) is 60.2 Å². The minimum absolute atomic E-state index is 0.174. The summed E-state index contributed by atoms with van der Waals surface area (Å²) in [5.41, 5.74) is 0.990. The highest BCUT2D eigenvalue weighted by molar-refractivity contribution is 7.99.